The highest BCUT2D eigenvalue weighted by Crippen LogP contribution is 2.05. The Morgan fingerprint density at radius 1 is 1.00 bits per heavy atom. The van der Waals surface area contributed by atoms with Crippen LogP contribution >= 0.6 is 0 Å². The second-order valence-electron chi connectivity index (χ2n) is 5.08. The van der Waals surface area contributed by atoms with Gasteiger partial charge in [0.25, 0.3) is 5.91 Å². The first-order chi connectivity index (χ1) is 11.0. The molecule has 118 valence electrons. The SMILES string of the molecule is Cc1ccc(/C=C/C(=O)NNC(=O)Cc2ccc(F)cc2)cc1. The summed E-state index contributed by atoms with van der Waals surface area (Å²) in [6, 6.07) is 13.3. The number of aryl methyl sites for hydroxylation is 1. The smallest absolute Gasteiger partial charge is 0.262 e. The van der Waals surface area contributed by atoms with Crippen LogP contribution in [0.3, 0.4) is 0 Å². The molecular weight excluding hydrogens is 295 g/mol. The summed E-state index contributed by atoms with van der Waals surface area (Å²) in [4.78, 5) is 23.3. The number of hydrogen-bond acceptors (Lipinski definition) is 2. The normalized spacial score (nSPS) is 10.5. The maximum absolute atomic E-state index is 12.8. The molecule has 2 N–H and O–H groups in total. The summed E-state index contributed by atoms with van der Waals surface area (Å²) >= 11 is 0. The molecule has 0 aromatic heterocycles. The Bertz CT molecular complexity index is 707. The van der Waals surface area contributed by atoms with Crippen LogP contribution in [0.15, 0.2) is 54.6 Å². The molecule has 0 aliphatic heterocycles. The van der Waals surface area contributed by atoms with Crippen molar-refractivity contribution >= 4 is 17.9 Å². The third kappa shape index (κ3) is 5.74. The maximum atomic E-state index is 12.8. The van der Waals surface area contributed by atoms with Crippen molar-refractivity contribution in [1.29, 1.82) is 0 Å². The van der Waals surface area contributed by atoms with Crippen molar-refractivity contribution in [2.24, 2.45) is 0 Å². The summed E-state index contributed by atoms with van der Waals surface area (Å²) in [5.41, 5.74) is 7.29. The lowest BCUT2D eigenvalue weighted by molar-refractivity contribution is -0.126. The Morgan fingerprint density at radius 2 is 1.65 bits per heavy atom. The molecule has 2 aromatic carbocycles. The summed E-state index contributed by atoms with van der Waals surface area (Å²) in [6.45, 7) is 1.98. The summed E-state index contributed by atoms with van der Waals surface area (Å²) in [5.74, 6) is -1.17. The Morgan fingerprint density at radius 3 is 2.30 bits per heavy atom. The topological polar surface area (TPSA) is 58.2 Å². The quantitative estimate of drug-likeness (QED) is 0.673. The van der Waals surface area contributed by atoms with Gasteiger partial charge in [0.1, 0.15) is 5.82 Å². The van der Waals surface area contributed by atoms with Gasteiger partial charge in [-0.15, -0.1) is 0 Å². The number of halogens is 1. The number of rotatable bonds is 4. The third-order valence-electron chi connectivity index (χ3n) is 3.11. The Balaban J connectivity index is 1.78. The van der Waals surface area contributed by atoms with E-state index in [0.29, 0.717) is 5.56 Å². The van der Waals surface area contributed by atoms with E-state index in [4.69, 9.17) is 0 Å². The molecule has 0 spiro atoms. The second kappa shape index (κ2) is 7.89. The van der Waals surface area contributed by atoms with Gasteiger partial charge in [-0.25, -0.2) is 4.39 Å². The molecule has 0 bridgehead atoms. The predicted molar refractivity (Wildman–Crippen MR) is 86.6 cm³/mol. The highest BCUT2D eigenvalue weighted by molar-refractivity contribution is 5.93. The number of nitrogens with one attached hydrogen (secondary N) is 2. The van der Waals surface area contributed by atoms with Crippen LogP contribution in [0.5, 0.6) is 0 Å². The van der Waals surface area contributed by atoms with E-state index in [-0.39, 0.29) is 18.1 Å². The molecule has 0 fully saturated rings. The van der Waals surface area contributed by atoms with Crippen LogP contribution in [0.25, 0.3) is 6.08 Å². The number of hydrazine groups is 1. The van der Waals surface area contributed by atoms with E-state index < -0.39 is 5.91 Å². The number of amides is 2. The molecule has 2 amide bonds. The molecule has 0 aliphatic rings. The van der Waals surface area contributed by atoms with Crippen LogP contribution < -0.4 is 10.9 Å². The minimum absolute atomic E-state index is 0.0578. The highest BCUT2D eigenvalue weighted by atomic mass is 19.1. The summed E-state index contributed by atoms with van der Waals surface area (Å²) in [6.07, 6.45) is 3.05. The van der Waals surface area contributed by atoms with Crippen molar-refractivity contribution in [3.05, 3.63) is 77.1 Å². The van der Waals surface area contributed by atoms with Crippen LogP contribution in [-0.4, -0.2) is 11.8 Å². The fourth-order valence-electron chi connectivity index (χ4n) is 1.85. The summed E-state index contributed by atoms with van der Waals surface area (Å²) < 4.78 is 12.8. The molecule has 0 saturated carbocycles. The molecule has 0 atom stereocenters. The van der Waals surface area contributed by atoms with Crippen LogP contribution in [0.4, 0.5) is 4.39 Å². The maximum Gasteiger partial charge on any atom is 0.262 e. The van der Waals surface area contributed by atoms with E-state index in [1.807, 2.05) is 31.2 Å². The zero-order chi connectivity index (χ0) is 16.7. The molecule has 0 saturated heterocycles. The molecular formula is C18H17FN2O2. The predicted octanol–water partition coefficient (Wildman–Crippen LogP) is 2.54. The molecule has 2 rings (SSSR count). The molecule has 23 heavy (non-hydrogen) atoms. The zero-order valence-electron chi connectivity index (χ0n) is 12.7. The average Bonchev–Trinajstić information content (AvgIpc) is 2.54. The fourth-order valence-corrected chi connectivity index (χ4v) is 1.85. The Hall–Kier alpha value is -2.95. The molecule has 0 aliphatic carbocycles. The summed E-state index contributed by atoms with van der Waals surface area (Å²) in [5, 5.41) is 0. The minimum atomic E-state index is -0.432. The molecule has 0 heterocycles. The van der Waals surface area contributed by atoms with Crippen molar-refractivity contribution < 1.29 is 14.0 Å². The molecule has 5 heteroatoms. The molecule has 2 aromatic rings. The minimum Gasteiger partial charge on any atom is -0.273 e. The van der Waals surface area contributed by atoms with Gasteiger partial charge < -0.3 is 0 Å². The first-order valence-corrected chi connectivity index (χ1v) is 7.11. The van der Waals surface area contributed by atoms with Gasteiger partial charge in [-0.1, -0.05) is 42.0 Å². The summed E-state index contributed by atoms with van der Waals surface area (Å²) in [7, 11) is 0. The Kier molecular flexibility index (Phi) is 5.63. The zero-order valence-corrected chi connectivity index (χ0v) is 12.7. The first kappa shape index (κ1) is 16.4. The van der Waals surface area contributed by atoms with Crippen molar-refractivity contribution in [2.45, 2.75) is 13.3 Å². The van der Waals surface area contributed by atoms with E-state index in [1.165, 1.54) is 30.3 Å². The second-order valence-corrected chi connectivity index (χ2v) is 5.08. The molecule has 4 nitrogen and oxygen atoms in total. The van der Waals surface area contributed by atoms with Crippen LogP contribution in [0, 0.1) is 12.7 Å². The van der Waals surface area contributed by atoms with Gasteiger partial charge in [0.2, 0.25) is 5.91 Å². The van der Waals surface area contributed by atoms with E-state index in [1.54, 1.807) is 6.08 Å². The number of benzene rings is 2. The van der Waals surface area contributed by atoms with Gasteiger partial charge in [-0.05, 0) is 36.3 Å². The Labute approximate surface area is 134 Å². The lowest BCUT2D eigenvalue weighted by atomic mass is 10.1. The van der Waals surface area contributed by atoms with Crippen LogP contribution in [-0.2, 0) is 16.0 Å². The van der Waals surface area contributed by atoms with E-state index in [0.717, 1.165) is 11.1 Å². The first-order valence-electron chi connectivity index (χ1n) is 7.11. The van der Waals surface area contributed by atoms with Crippen molar-refractivity contribution in [1.82, 2.24) is 10.9 Å². The average molecular weight is 312 g/mol. The third-order valence-corrected chi connectivity index (χ3v) is 3.11. The van der Waals surface area contributed by atoms with E-state index in [9.17, 15) is 14.0 Å². The van der Waals surface area contributed by atoms with Crippen LogP contribution in [0.1, 0.15) is 16.7 Å². The highest BCUT2D eigenvalue weighted by Gasteiger charge is 2.04. The number of carbonyl (C=O) groups excluding carboxylic acids is 2. The van der Waals surface area contributed by atoms with Gasteiger partial charge in [0, 0.05) is 6.08 Å². The molecule has 0 radical (unpaired) electrons. The molecule has 0 unspecified atom stereocenters. The van der Waals surface area contributed by atoms with Gasteiger partial charge in [-0.3, -0.25) is 20.4 Å². The largest absolute Gasteiger partial charge is 0.273 e. The fraction of sp³-hybridized carbons (Fsp3) is 0.111. The van der Waals surface area contributed by atoms with Crippen LogP contribution in [0.2, 0.25) is 0 Å². The van der Waals surface area contributed by atoms with E-state index >= 15 is 0 Å². The van der Waals surface area contributed by atoms with Crippen molar-refractivity contribution in [3.63, 3.8) is 0 Å². The van der Waals surface area contributed by atoms with Gasteiger partial charge >= 0.3 is 0 Å². The monoisotopic (exact) mass is 312 g/mol. The number of carbonyl (C=O) groups is 2. The standard InChI is InChI=1S/C18H17FN2O2/c1-13-2-4-14(5-3-13)8-11-17(22)20-21-18(23)12-15-6-9-16(19)10-7-15/h2-11H,12H2,1H3,(H,20,22)(H,21,23)/b11-8+. The van der Waals surface area contributed by atoms with Crippen molar-refractivity contribution in [2.75, 3.05) is 0 Å². The van der Waals surface area contributed by atoms with Gasteiger partial charge in [-0.2, -0.15) is 0 Å². The van der Waals surface area contributed by atoms with Gasteiger partial charge in [0.05, 0.1) is 6.42 Å². The lowest BCUT2D eigenvalue weighted by Gasteiger charge is -2.05. The van der Waals surface area contributed by atoms with Crippen molar-refractivity contribution in [3.8, 4) is 0 Å². The van der Waals surface area contributed by atoms with Gasteiger partial charge in [0.15, 0.2) is 0 Å². The number of hydrogen-bond donors (Lipinski definition) is 2. The van der Waals surface area contributed by atoms with E-state index in [2.05, 4.69) is 10.9 Å². The lowest BCUT2D eigenvalue weighted by Crippen LogP contribution is -2.41.